The highest BCUT2D eigenvalue weighted by atomic mass is 16.6. The molecule has 0 atom stereocenters. The molecular weight excluding hydrogens is 396 g/mol. The Hall–Kier alpha value is -3.49. The van der Waals surface area contributed by atoms with E-state index in [9.17, 15) is 9.59 Å². The first-order valence-electron chi connectivity index (χ1n) is 10.3. The highest BCUT2D eigenvalue weighted by molar-refractivity contribution is 5.93. The quantitative estimate of drug-likeness (QED) is 0.674. The van der Waals surface area contributed by atoms with Crippen LogP contribution in [0.25, 0.3) is 5.82 Å². The van der Waals surface area contributed by atoms with Gasteiger partial charge in [-0.05, 0) is 58.7 Å². The van der Waals surface area contributed by atoms with Gasteiger partial charge in [0.25, 0.3) is 0 Å². The topological polar surface area (TPSA) is 104 Å². The second-order valence-electron chi connectivity index (χ2n) is 8.73. The summed E-state index contributed by atoms with van der Waals surface area (Å²) in [7, 11) is 0. The second kappa shape index (κ2) is 7.98. The predicted molar refractivity (Wildman–Crippen MR) is 114 cm³/mol. The van der Waals surface area contributed by atoms with Crippen LogP contribution in [-0.2, 0) is 16.0 Å². The molecule has 3 aromatic heterocycles. The molecule has 0 bridgehead atoms. The summed E-state index contributed by atoms with van der Waals surface area (Å²) in [6, 6.07) is 9.17. The van der Waals surface area contributed by atoms with Crippen LogP contribution >= 0.6 is 0 Å². The summed E-state index contributed by atoms with van der Waals surface area (Å²) in [5.41, 5.74) is 1.59. The lowest BCUT2D eigenvalue weighted by molar-refractivity contribution is -0.115. The van der Waals surface area contributed by atoms with Gasteiger partial charge < -0.3 is 10.1 Å². The maximum absolute atomic E-state index is 12.7. The van der Waals surface area contributed by atoms with Gasteiger partial charge in [-0.2, -0.15) is 10.2 Å². The summed E-state index contributed by atoms with van der Waals surface area (Å²) < 4.78 is 8.19. The second-order valence-corrected chi connectivity index (χ2v) is 8.73. The first-order valence-corrected chi connectivity index (χ1v) is 10.3. The number of hydrogen-bond donors (Lipinski definition) is 1. The Bertz CT molecular complexity index is 1120. The van der Waals surface area contributed by atoms with Crippen LogP contribution in [0.15, 0.2) is 36.5 Å². The zero-order valence-corrected chi connectivity index (χ0v) is 18.1. The molecule has 4 rings (SSSR count). The number of hydrogen-bond acceptors (Lipinski definition) is 6. The smallest absolute Gasteiger partial charge is 0.437 e. The van der Waals surface area contributed by atoms with Crippen LogP contribution < -0.4 is 5.32 Å². The minimum Gasteiger partial charge on any atom is -0.442 e. The average Bonchev–Trinajstić information content (AvgIpc) is 3.28. The van der Waals surface area contributed by atoms with Crippen molar-refractivity contribution in [2.75, 3.05) is 5.32 Å². The zero-order valence-electron chi connectivity index (χ0n) is 18.1. The molecule has 1 aliphatic rings. The summed E-state index contributed by atoms with van der Waals surface area (Å²) in [4.78, 5) is 29.7. The van der Waals surface area contributed by atoms with Crippen molar-refractivity contribution in [2.24, 2.45) is 0 Å². The lowest BCUT2D eigenvalue weighted by Crippen LogP contribution is -2.29. The van der Waals surface area contributed by atoms with E-state index in [1.165, 1.54) is 0 Å². The lowest BCUT2D eigenvalue weighted by atomic mass is 10.2. The van der Waals surface area contributed by atoms with Crippen molar-refractivity contribution in [3.63, 3.8) is 0 Å². The van der Waals surface area contributed by atoms with Gasteiger partial charge in [-0.25, -0.2) is 14.5 Å². The molecule has 1 saturated carbocycles. The molecule has 3 heterocycles. The Morgan fingerprint density at radius 2 is 1.97 bits per heavy atom. The van der Waals surface area contributed by atoms with Crippen molar-refractivity contribution >= 4 is 17.8 Å². The van der Waals surface area contributed by atoms with Crippen molar-refractivity contribution in [2.45, 2.75) is 58.5 Å². The number of pyridine rings is 1. The zero-order chi connectivity index (χ0) is 22.2. The predicted octanol–water partition coefficient (Wildman–Crippen LogP) is 3.61. The van der Waals surface area contributed by atoms with E-state index >= 15 is 0 Å². The summed E-state index contributed by atoms with van der Waals surface area (Å²) >= 11 is 0. The van der Waals surface area contributed by atoms with Crippen LogP contribution in [-0.4, -0.2) is 42.1 Å². The number of anilines is 1. The number of ether oxygens (including phenoxy) is 1. The van der Waals surface area contributed by atoms with Gasteiger partial charge in [0, 0.05) is 23.9 Å². The molecule has 162 valence electrons. The van der Waals surface area contributed by atoms with Gasteiger partial charge >= 0.3 is 6.09 Å². The number of nitrogens with zero attached hydrogens (tertiary/aromatic N) is 5. The molecule has 1 fully saturated rings. The van der Waals surface area contributed by atoms with E-state index < -0.39 is 11.7 Å². The Balaban J connectivity index is 1.48. The van der Waals surface area contributed by atoms with Crippen LogP contribution in [0, 0.1) is 6.92 Å². The minimum absolute atomic E-state index is 0.0527. The number of aryl methyl sites for hydroxylation is 1. The molecule has 9 heteroatoms. The van der Waals surface area contributed by atoms with Gasteiger partial charge in [0.2, 0.25) is 5.91 Å². The Morgan fingerprint density at radius 3 is 2.65 bits per heavy atom. The number of rotatable bonds is 5. The third-order valence-electron chi connectivity index (χ3n) is 4.65. The summed E-state index contributed by atoms with van der Waals surface area (Å²) in [5.74, 6) is 1.02. The maximum Gasteiger partial charge on any atom is 0.437 e. The van der Waals surface area contributed by atoms with Gasteiger partial charge in [-0.1, -0.05) is 6.07 Å². The monoisotopic (exact) mass is 422 g/mol. The molecule has 0 unspecified atom stereocenters. The van der Waals surface area contributed by atoms with E-state index in [4.69, 9.17) is 4.74 Å². The van der Waals surface area contributed by atoms with Gasteiger partial charge in [-0.15, -0.1) is 4.68 Å². The van der Waals surface area contributed by atoms with E-state index in [1.807, 2.05) is 25.1 Å². The minimum atomic E-state index is -0.666. The molecule has 1 aliphatic carbocycles. The highest BCUT2D eigenvalue weighted by Crippen LogP contribution is 2.40. The van der Waals surface area contributed by atoms with E-state index in [0.29, 0.717) is 23.2 Å². The molecule has 31 heavy (non-hydrogen) atoms. The van der Waals surface area contributed by atoms with Gasteiger partial charge in [0.1, 0.15) is 11.4 Å². The van der Waals surface area contributed by atoms with Crippen LogP contribution in [0.1, 0.15) is 56.6 Å². The molecular formula is C22H26N6O3. The number of aromatic nitrogens is 5. The molecule has 0 spiro atoms. The van der Waals surface area contributed by atoms with Crippen molar-refractivity contribution in [1.82, 2.24) is 24.5 Å². The van der Waals surface area contributed by atoms with Crippen LogP contribution in [0.5, 0.6) is 0 Å². The highest BCUT2D eigenvalue weighted by Gasteiger charge is 2.30. The summed E-state index contributed by atoms with van der Waals surface area (Å²) in [6.45, 7) is 7.26. The van der Waals surface area contributed by atoms with Crippen molar-refractivity contribution in [3.8, 4) is 5.82 Å². The number of carbonyl (C=O) groups is 2. The fourth-order valence-electron chi connectivity index (χ4n) is 3.10. The number of nitrogens with one attached hydrogen (secondary N) is 1. The molecule has 0 radical (unpaired) electrons. The lowest BCUT2D eigenvalue weighted by Gasteiger charge is -2.19. The molecule has 1 N–H and O–H groups in total. The van der Waals surface area contributed by atoms with E-state index in [2.05, 4.69) is 20.5 Å². The SMILES string of the molecule is Cc1cccc(-n2ccc(CC(=O)Nc3cc(C4CC4)nn3C(=O)OC(C)(C)C)n2)n1. The van der Waals surface area contributed by atoms with E-state index in [0.717, 1.165) is 28.9 Å². The summed E-state index contributed by atoms with van der Waals surface area (Å²) in [5, 5.41) is 11.6. The average molecular weight is 422 g/mol. The van der Waals surface area contributed by atoms with Gasteiger partial charge in [0.15, 0.2) is 5.82 Å². The molecule has 9 nitrogen and oxygen atoms in total. The molecule has 0 aliphatic heterocycles. The largest absolute Gasteiger partial charge is 0.442 e. The van der Waals surface area contributed by atoms with Crippen LogP contribution in [0.3, 0.4) is 0 Å². The molecule has 0 aromatic carbocycles. The molecule has 1 amide bonds. The third-order valence-corrected chi connectivity index (χ3v) is 4.65. The first-order chi connectivity index (χ1) is 14.7. The third kappa shape index (κ3) is 5.17. The van der Waals surface area contributed by atoms with Gasteiger partial charge in [-0.3, -0.25) is 4.79 Å². The van der Waals surface area contributed by atoms with Crippen molar-refractivity contribution < 1.29 is 14.3 Å². The Morgan fingerprint density at radius 1 is 1.19 bits per heavy atom. The van der Waals surface area contributed by atoms with E-state index in [1.54, 1.807) is 43.8 Å². The van der Waals surface area contributed by atoms with Gasteiger partial charge in [0.05, 0.1) is 17.8 Å². The Kier molecular flexibility index (Phi) is 5.34. The van der Waals surface area contributed by atoms with Crippen molar-refractivity contribution in [1.29, 1.82) is 0 Å². The normalized spacial score (nSPS) is 13.8. The van der Waals surface area contributed by atoms with E-state index in [-0.39, 0.29) is 12.3 Å². The molecule has 3 aromatic rings. The summed E-state index contributed by atoms with van der Waals surface area (Å²) in [6.07, 6.45) is 3.26. The Labute approximate surface area is 180 Å². The fourth-order valence-corrected chi connectivity index (χ4v) is 3.10. The van der Waals surface area contributed by atoms with Crippen molar-refractivity contribution in [3.05, 3.63) is 53.6 Å². The van der Waals surface area contributed by atoms with Crippen LogP contribution in [0.4, 0.5) is 10.6 Å². The fraction of sp³-hybridized carbons (Fsp3) is 0.409. The number of carbonyl (C=O) groups excluding carboxylic acids is 2. The first kappa shape index (κ1) is 20.8. The van der Waals surface area contributed by atoms with Crippen LogP contribution in [0.2, 0.25) is 0 Å². The standard InChI is InChI=1S/C22H26N6O3/c1-14-6-5-7-18(23-14)27-11-10-16(25-27)12-20(29)24-19-13-17(15-8-9-15)26-28(19)21(30)31-22(2,3)4/h5-7,10-11,13,15H,8-9,12H2,1-4H3,(H,24,29). The number of amides is 1. The maximum atomic E-state index is 12.7. The molecule has 0 saturated heterocycles.